The molecule has 0 bridgehead atoms. The van der Waals surface area contributed by atoms with Gasteiger partial charge in [-0.25, -0.2) is 0 Å². The van der Waals surface area contributed by atoms with E-state index >= 15 is 0 Å². The van der Waals surface area contributed by atoms with E-state index in [-0.39, 0.29) is 16.7 Å². The molecule has 0 amide bonds. The second-order valence-electron chi connectivity index (χ2n) is 5.02. The predicted octanol–water partition coefficient (Wildman–Crippen LogP) is 3.54. The van der Waals surface area contributed by atoms with Gasteiger partial charge in [-0.15, -0.1) is 0 Å². The lowest BCUT2D eigenvalue weighted by atomic mass is 9.99. The average Bonchev–Trinajstić information content (AvgIpc) is 2.45. The van der Waals surface area contributed by atoms with E-state index in [4.69, 9.17) is 5.73 Å². The number of rotatable bonds is 5. The highest BCUT2D eigenvalue weighted by atomic mass is 16.6. The van der Waals surface area contributed by atoms with Gasteiger partial charge in [0.1, 0.15) is 0 Å². The maximum Gasteiger partial charge on any atom is 0.270 e. The van der Waals surface area contributed by atoms with Gasteiger partial charge in [-0.2, -0.15) is 0 Å². The fraction of sp³-hybridized carbons (Fsp3) is 0.250. The van der Waals surface area contributed by atoms with E-state index in [2.05, 4.69) is 12.1 Å². The molecule has 1 unspecified atom stereocenters. The summed E-state index contributed by atoms with van der Waals surface area (Å²) in [5.41, 5.74) is 8.94. The largest absolute Gasteiger partial charge is 0.328 e. The van der Waals surface area contributed by atoms with Gasteiger partial charge in [0.2, 0.25) is 0 Å². The summed E-state index contributed by atoms with van der Waals surface area (Å²) in [5.74, 6) is 0. The second-order valence-corrected chi connectivity index (χ2v) is 5.02. The van der Waals surface area contributed by atoms with Crippen LogP contribution in [0.25, 0.3) is 11.1 Å². The first-order valence-corrected chi connectivity index (χ1v) is 6.65. The van der Waals surface area contributed by atoms with Crippen molar-refractivity contribution in [1.82, 2.24) is 0 Å². The van der Waals surface area contributed by atoms with Crippen LogP contribution in [0.3, 0.4) is 0 Å². The topological polar surface area (TPSA) is 69.2 Å². The first kappa shape index (κ1) is 14.2. The number of aryl methyl sites for hydroxylation is 1. The van der Waals surface area contributed by atoms with Gasteiger partial charge >= 0.3 is 0 Å². The number of nitro groups is 1. The summed E-state index contributed by atoms with van der Waals surface area (Å²) < 4.78 is 0. The highest BCUT2D eigenvalue weighted by Crippen LogP contribution is 2.24. The zero-order chi connectivity index (χ0) is 14.5. The lowest BCUT2D eigenvalue weighted by molar-refractivity contribution is -0.384. The summed E-state index contributed by atoms with van der Waals surface area (Å²) in [6.45, 7) is 1.99. The summed E-state index contributed by atoms with van der Waals surface area (Å²) in [6, 6.07) is 15.0. The third-order valence-corrected chi connectivity index (χ3v) is 3.21. The number of hydrogen-bond donors (Lipinski definition) is 1. The highest BCUT2D eigenvalue weighted by molar-refractivity contribution is 5.66. The van der Waals surface area contributed by atoms with Gasteiger partial charge in [-0.05, 0) is 36.5 Å². The van der Waals surface area contributed by atoms with Gasteiger partial charge < -0.3 is 5.73 Å². The Labute approximate surface area is 118 Å². The Morgan fingerprint density at radius 1 is 1.15 bits per heavy atom. The van der Waals surface area contributed by atoms with Crippen molar-refractivity contribution in [2.45, 2.75) is 25.8 Å². The minimum Gasteiger partial charge on any atom is -0.328 e. The molecule has 0 aliphatic rings. The number of non-ortho nitro benzene ring substituents is 1. The summed E-state index contributed by atoms with van der Waals surface area (Å²) in [6.07, 6.45) is 1.85. The van der Waals surface area contributed by atoms with Gasteiger partial charge in [-0.3, -0.25) is 10.1 Å². The Bertz CT molecular complexity index is 609. The van der Waals surface area contributed by atoms with Gasteiger partial charge in [0.05, 0.1) is 4.92 Å². The molecule has 0 saturated carbocycles. The molecule has 4 nitrogen and oxygen atoms in total. The molecule has 2 aromatic carbocycles. The first-order valence-electron chi connectivity index (χ1n) is 6.65. The standard InChI is InChI=1S/C16H18N2O2/c1-12(17)8-9-13-4-2-5-14(10-13)15-6-3-7-16(11-15)18(19)20/h2-7,10-12H,8-9,17H2,1H3. The van der Waals surface area contributed by atoms with Crippen molar-refractivity contribution in [3.63, 3.8) is 0 Å². The Kier molecular flexibility index (Phi) is 4.48. The number of nitro benzene ring substituents is 1. The lowest BCUT2D eigenvalue weighted by Crippen LogP contribution is -2.15. The van der Waals surface area contributed by atoms with Crippen LogP contribution in [0.1, 0.15) is 18.9 Å². The van der Waals surface area contributed by atoms with Crippen LogP contribution < -0.4 is 5.73 Å². The minimum absolute atomic E-state index is 0.114. The molecule has 2 aromatic rings. The molecule has 0 heterocycles. The van der Waals surface area contributed by atoms with Gasteiger partial charge in [-0.1, -0.05) is 36.4 Å². The smallest absolute Gasteiger partial charge is 0.270 e. The zero-order valence-electron chi connectivity index (χ0n) is 11.5. The number of nitrogens with zero attached hydrogens (tertiary/aromatic N) is 1. The van der Waals surface area contributed by atoms with Crippen LogP contribution in [0.15, 0.2) is 48.5 Å². The highest BCUT2D eigenvalue weighted by Gasteiger charge is 2.07. The monoisotopic (exact) mass is 270 g/mol. The van der Waals surface area contributed by atoms with E-state index in [0.29, 0.717) is 0 Å². The summed E-state index contributed by atoms with van der Waals surface area (Å²) in [4.78, 5) is 10.4. The Balaban J connectivity index is 2.26. The molecule has 0 spiro atoms. The Morgan fingerprint density at radius 3 is 2.45 bits per heavy atom. The molecule has 2 rings (SSSR count). The zero-order valence-corrected chi connectivity index (χ0v) is 11.5. The van der Waals surface area contributed by atoms with E-state index in [0.717, 1.165) is 24.0 Å². The quantitative estimate of drug-likeness (QED) is 0.667. The Morgan fingerprint density at radius 2 is 1.80 bits per heavy atom. The van der Waals surface area contributed by atoms with E-state index in [9.17, 15) is 10.1 Å². The van der Waals surface area contributed by atoms with Crippen LogP contribution in [0.5, 0.6) is 0 Å². The molecule has 0 aromatic heterocycles. The number of hydrogen-bond acceptors (Lipinski definition) is 3. The normalized spacial score (nSPS) is 12.1. The van der Waals surface area contributed by atoms with Crippen molar-refractivity contribution in [3.8, 4) is 11.1 Å². The van der Waals surface area contributed by atoms with Crippen LogP contribution in [0.2, 0.25) is 0 Å². The van der Waals surface area contributed by atoms with Gasteiger partial charge in [0.25, 0.3) is 5.69 Å². The molecule has 0 saturated heterocycles. The van der Waals surface area contributed by atoms with Gasteiger partial charge in [0, 0.05) is 18.2 Å². The number of benzene rings is 2. The first-order chi connectivity index (χ1) is 9.56. The van der Waals surface area contributed by atoms with E-state index in [1.807, 2.05) is 25.1 Å². The molecule has 1 atom stereocenters. The molecule has 2 N–H and O–H groups in total. The molecule has 0 aliphatic heterocycles. The van der Waals surface area contributed by atoms with E-state index in [1.165, 1.54) is 11.6 Å². The van der Waals surface area contributed by atoms with Crippen LogP contribution in [-0.2, 0) is 6.42 Å². The summed E-state index contributed by atoms with van der Waals surface area (Å²) >= 11 is 0. The molecule has 0 radical (unpaired) electrons. The van der Waals surface area contributed by atoms with Crippen LogP contribution >= 0.6 is 0 Å². The van der Waals surface area contributed by atoms with E-state index < -0.39 is 0 Å². The molecule has 0 fully saturated rings. The van der Waals surface area contributed by atoms with Crippen molar-refractivity contribution in [2.24, 2.45) is 5.73 Å². The maximum atomic E-state index is 10.8. The fourth-order valence-electron chi connectivity index (χ4n) is 2.10. The van der Waals surface area contributed by atoms with Gasteiger partial charge in [0.15, 0.2) is 0 Å². The minimum atomic E-state index is -0.372. The van der Waals surface area contributed by atoms with Crippen molar-refractivity contribution >= 4 is 5.69 Å². The summed E-state index contributed by atoms with van der Waals surface area (Å²) in [5, 5.41) is 10.8. The van der Waals surface area contributed by atoms with Crippen LogP contribution in [0.4, 0.5) is 5.69 Å². The SMILES string of the molecule is CC(N)CCc1cccc(-c2cccc([N+](=O)[O-])c2)c1. The lowest BCUT2D eigenvalue weighted by Gasteiger charge is -2.07. The third-order valence-electron chi connectivity index (χ3n) is 3.21. The fourth-order valence-corrected chi connectivity index (χ4v) is 2.10. The third kappa shape index (κ3) is 3.65. The molecular weight excluding hydrogens is 252 g/mol. The Hall–Kier alpha value is -2.20. The van der Waals surface area contributed by atoms with Crippen LogP contribution in [-0.4, -0.2) is 11.0 Å². The molecule has 20 heavy (non-hydrogen) atoms. The summed E-state index contributed by atoms with van der Waals surface area (Å²) in [7, 11) is 0. The van der Waals surface area contributed by atoms with Crippen molar-refractivity contribution < 1.29 is 4.92 Å². The molecule has 104 valence electrons. The maximum absolute atomic E-state index is 10.8. The van der Waals surface area contributed by atoms with Crippen molar-refractivity contribution in [3.05, 3.63) is 64.2 Å². The van der Waals surface area contributed by atoms with Crippen molar-refractivity contribution in [1.29, 1.82) is 0 Å². The average molecular weight is 270 g/mol. The second kappa shape index (κ2) is 6.30. The molecular formula is C16H18N2O2. The van der Waals surface area contributed by atoms with Crippen molar-refractivity contribution in [2.75, 3.05) is 0 Å². The van der Waals surface area contributed by atoms with Crippen LogP contribution in [0, 0.1) is 10.1 Å². The molecule has 0 aliphatic carbocycles. The number of nitrogens with two attached hydrogens (primary N) is 1. The van der Waals surface area contributed by atoms with E-state index in [1.54, 1.807) is 12.1 Å². The predicted molar refractivity (Wildman–Crippen MR) is 80.5 cm³/mol. The molecule has 4 heteroatoms.